The minimum atomic E-state index is -0.357. The Balaban J connectivity index is 1.76. The molecule has 1 heterocycles. The molecule has 9 heteroatoms. The third-order valence-electron chi connectivity index (χ3n) is 3.74. The van der Waals surface area contributed by atoms with Crippen LogP contribution in [0.5, 0.6) is 5.75 Å². The lowest BCUT2D eigenvalue weighted by Crippen LogP contribution is -2.22. The zero-order valence-electron chi connectivity index (χ0n) is 14.1. The van der Waals surface area contributed by atoms with Crippen LogP contribution in [0.1, 0.15) is 11.3 Å². The molecule has 0 spiro atoms. The number of hydrogen-bond donors (Lipinski definition) is 2. The highest BCUT2D eigenvalue weighted by Crippen LogP contribution is 2.31. The number of aromatic amines is 1. The summed E-state index contributed by atoms with van der Waals surface area (Å²) >= 11 is 6.81. The quantitative estimate of drug-likeness (QED) is 0.421. The number of aromatic nitrogens is 2. The zero-order valence-corrected chi connectivity index (χ0v) is 17.3. The van der Waals surface area contributed by atoms with Crippen LogP contribution >= 0.6 is 31.9 Å². The number of carbonyl (C=O) groups is 1. The molecule has 0 aliphatic heterocycles. The Hall–Kier alpha value is -2.52. The normalized spacial score (nSPS) is 11.1. The SMILES string of the molecule is COc1c(Br)cc(Br)cc1/C=N/NC(=O)Cc1n[nH]c(=O)c2ccccc12. The van der Waals surface area contributed by atoms with E-state index in [2.05, 4.69) is 52.6 Å². The predicted octanol–water partition coefficient (Wildman–Crippen LogP) is 3.15. The monoisotopic (exact) mass is 492 g/mol. The summed E-state index contributed by atoms with van der Waals surface area (Å²) in [5, 5.41) is 11.5. The van der Waals surface area contributed by atoms with Gasteiger partial charge in [-0.1, -0.05) is 34.1 Å². The van der Waals surface area contributed by atoms with Crippen molar-refractivity contribution in [3.8, 4) is 5.75 Å². The van der Waals surface area contributed by atoms with Crippen LogP contribution < -0.4 is 15.7 Å². The van der Waals surface area contributed by atoms with Gasteiger partial charge in [0.05, 0.1) is 35.3 Å². The molecule has 1 aromatic heterocycles. The minimum absolute atomic E-state index is 0.0199. The molecule has 0 aliphatic carbocycles. The average Bonchev–Trinajstić information content (AvgIpc) is 2.64. The number of ether oxygens (including phenoxy) is 1. The molecule has 7 nitrogen and oxygen atoms in total. The van der Waals surface area contributed by atoms with Gasteiger partial charge in [-0.2, -0.15) is 10.2 Å². The molecule has 1 amide bonds. The van der Waals surface area contributed by atoms with Crippen molar-refractivity contribution in [2.24, 2.45) is 5.10 Å². The number of nitrogens with one attached hydrogen (secondary N) is 2. The fourth-order valence-electron chi connectivity index (χ4n) is 2.56. The van der Waals surface area contributed by atoms with Crippen LogP contribution in [0, 0.1) is 0 Å². The van der Waals surface area contributed by atoms with Gasteiger partial charge in [-0.05, 0) is 34.1 Å². The second-order valence-electron chi connectivity index (χ2n) is 5.53. The van der Waals surface area contributed by atoms with Crippen LogP contribution in [0.15, 0.2) is 55.2 Å². The number of rotatable bonds is 5. The summed E-state index contributed by atoms with van der Waals surface area (Å²) in [6.45, 7) is 0. The molecule has 2 N–H and O–H groups in total. The average molecular weight is 494 g/mol. The first-order valence-corrected chi connectivity index (χ1v) is 9.39. The molecule has 0 atom stereocenters. The van der Waals surface area contributed by atoms with Crippen molar-refractivity contribution in [3.63, 3.8) is 0 Å². The van der Waals surface area contributed by atoms with E-state index in [0.29, 0.717) is 27.8 Å². The fourth-order valence-corrected chi connectivity index (χ4v) is 3.98. The molecule has 0 saturated carbocycles. The topological polar surface area (TPSA) is 96.4 Å². The summed E-state index contributed by atoms with van der Waals surface area (Å²) < 4.78 is 6.93. The highest BCUT2D eigenvalue weighted by Gasteiger charge is 2.11. The summed E-state index contributed by atoms with van der Waals surface area (Å²) in [5.41, 5.74) is 3.33. The van der Waals surface area contributed by atoms with E-state index in [-0.39, 0.29) is 17.9 Å². The molecule has 3 rings (SSSR count). The molecular weight excluding hydrogens is 480 g/mol. The van der Waals surface area contributed by atoms with Gasteiger partial charge in [-0.25, -0.2) is 10.5 Å². The number of hydrogen-bond acceptors (Lipinski definition) is 5. The zero-order chi connectivity index (χ0) is 19.4. The molecule has 0 radical (unpaired) electrons. The molecular formula is C18H14Br2N4O3. The fraction of sp³-hybridized carbons (Fsp3) is 0.111. The molecule has 0 bridgehead atoms. The molecule has 0 aliphatic rings. The highest BCUT2D eigenvalue weighted by molar-refractivity contribution is 9.11. The Bertz CT molecular complexity index is 1100. The van der Waals surface area contributed by atoms with Crippen LogP contribution in [0.4, 0.5) is 0 Å². The lowest BCUT2D eigenvalue weighted by atomic mass is 10.1. The summed E-state index contributed by atoms with van der Waals surface area (Å²) in [4.78, 5) is 24.0. The number of carbonyl (C=O) groups excluding carboxylic acids is 1. The first-order chi connectivity index (χ1) is 13.0. The van der Waals surface area contributed by atoms with Gasteiger partial charge in [0, 0.05) is 15.4 Å². The Morgan fingerprint density at radius 2 is 2.04 bits per heavy atom. The third kappa shape index (κ3) is 4.42. The van der Waals surface area contributed by atoms with Crippen LogP contribution in [-0.4, -0.2) is 29.4 Å². The predicted molar refractivity (Wildman–Crippen MR) is 110 cm³/mol. The number of halogens is 2. The highest BCUT2D eigenvalue weighted by atomic mass is 79.9. The number of methoxy groups -OCH3 is 1. The van der Waals surface area contributed by atoms with E-state index in [9.17, 15) is 9.59 Å². The first kappa shape index (κ1) is 19.2. The molecule has 2 aromatic carbocycles. The van der Waals surface area contributed by atoms with E-state index in [1.165, 1.54) is 6.21 Å². The lowest BCUT2D eigenvalue weighted by Gasteiger charge is -2.08. The molecule has 0 fully saturated rings. The summed E-state index contributed by atoms with van der Waals surface area (Å²) in [6.07, 6.45) is 1.47. The Kier molecular flexibility index (Phi) is 6.02. The van der Waals surface area contributed by atoms with Crippen molar-refractivity contribution < 1.29 is 9.53 Å². The van der Waals surface area contributed by atoms with E-state index in [0.717, 1.165) is 8.95 Å². The van der Waals surface area contributed by atoms with Gasteiger partial charge in [-0.15, -0.1) is 0 Å². The maximum absolute atomic E-state index is 12.2. The summed E-state index contributed by atoms with van der Waals surface area (Å²) in [5.74, 6) is 0.244. The van der Waals surface area contributed by atoms with Gasteiger partial charge in [0.1, 0.15) is 5.75 Å². The van der Waals surface area contributed by atoms with Crippen LogP contribution in [0.3, 0.4) is 0 Å². The van der Waals surface area contributed by atoms with Crippen LogP contribution in [0.2, 0.25) is 0 Å². The van der Waals surface area contributed by atoms with E-state index < -0.39 is 0 Å². The maximum Gasteiger partial charge on any atom is 0.272 e. The van der Waals surface area contributed by atoms with Crippen LogP contribution in [-0.2, 0) is 11.2 Å². The molecule has 0 saturated heterocycles. The van der Waals surface area contributed by atoms with Gasteiger partial charge in [0.25, 0.3) is 5.56 Å². The second kappa shape index (κ2) is 8.45. The number of hydrazone groups is 1. The molecule has 0 unspecified atom stereocenters. The van der Waals surface area contributed by atoms with Gasteiger partial charge < -0.3 is 4.74 Å². The van der Waals surface area contributed by atoms with E-state index >= 15 is 0 Å². The van der Waals surface area contributed by atoms with Gasteiger partial charge in [0.15, 0.2) is 0 Å². The van der Waals surface area contributed by atoms with E-state index in [1.807, 2.05) is 12.1 Å². The third-order valence-corrected chi connectivity index (χ3v) is 4.78. The Morgan fingerprint density at radius 1 is 1.30 bits per heavy atom. The molecule has 138 valence electrons. The number of benzene rings is 2. The van der Waals surface area contributed by atoms with Crippen molar-refractivity contribution in [1.82, 2.24) is 15.6 Å². The summed E-state index contributed by atoms with van der Waals surface area (Å²) in [6, 6.07) is 10.7. The largest absolute Gasteiger partial charge is 0.495 e. The number of nitrogens with zero attached hydrogens (tertiary/aromatic N) is 2. The minimum Gasteiger partial charge on any atom is -0.495 e. The van der Waals surface area contributed by atoms with Crippen molar-refractivity contribution in [2.75, 3.05) is 7.11 Å². The second-order valence-corrected chi connectivity index (χ2v) is 7.30. The Morgan fingerprint density at radius 3 is 2.78 bits per heavy atom. The van der Waals surface area contributed by atoms with Crippen molar-refractivity contribution in [2.45, 2.75) is 6.42 Å². The van der Waals surface area contributed by atoms with Crippen LogP contribution in [0.25, 0.3) is 10.8 Å². The maximum atomic E-state index is 12.2. The Labute approximate surface area is 171 Å². The standard InChI is InChI=1S/C18H14Br2N4O3/c1-27-17-10(6-11(19)7-14(17)20)9-21-23-16(25)8-15-12-4-2-3-5-13(12)18(26)24-22-15/h2-7,9H,8H2,1H3,(H,23,25)(H,24,26)/b21-9+. The van der Waals surface area contributed by atoms with Gasteiger partial charge in [-0.3, -0.25) is 9.59 Å². The first-order valence-electron chi connectivity index (χ1n) is 7.81. The van der Waals surface area contributed by atoms with Crippen molar-refractivity contribution in [3.05, 3.63) is 67.0 Å². The van der Waals surface area contributed by atoms with Crippen molar-refractivity contribution in [1.29, 1.82) is 0 Å². The summed E-state index contributed by atoms with van der Waals surface area (Å²) in [7, 11) is 1.55. The molecule has 27 heavy (non-hydrogen) atoms. The molecule has 3 aromatic rings. The van der Waals surface area contributed by atoms with E-state index in [1.54, 1.807) is 31.4 Å². The van der Waals surface area contributed by atoms with E-state index in [4.69, 9.17) is 4.74 Å². The van der Waals surface area contributed by atoms with Gasteiger partial charge in [0.2, 0.25) is 5.91 Å². The van der Waals surface area contributed by atoms with Gasteiger partial charge >= 0.3 is 0 Å². The lowest BCUT2D eigenvalue weighted by molar-refractivity contribution is -0.120. The number of amides is 1. The smallest absolute Gasteiger partial charge is 0.272 e. The van der Waals surface area contributed by atoms with Crippen molar-refractivity contribution >= 4 is 54.8 Å². The number of fused-ring (bicyclic) bond motifs is 1. The number of H-pyrrole nitrogens is 1.